The highest BCUT2D eigenvalue weighted by Gasteiger charge is 2.27. The molecule has 0 bridgehead atoms. The third kappa shape index (κ3) is 3.25. The van der Waals surface area contributed by atoms with E-state index in [4.69, 9.17) is 0 Å². The van der Waals surface area contributed by atoms with Crippen molar-refractivity contribution in [3.05, 3.63) is 0 Å². The smallest absolute Gasteiger partial charge is 0.0121 e. The molecule has 1 fully saturated rings. The van der Waals surface area contributed by atoms with Gasteiger partial charge >= 0.3 is 0 Å². The van der Waals surface area contributed by atoms with Gasteiger partial charge in [0.25, 0.3) is 0 Å². The molecule has 0 aromatic heterocycles. The normalized spacial score (nSPS) is 33.6. The van der Waals surface area contributed by atoms with Gasteiger partial charge in [-0.2, -0.15) is 0 Å². The van der Waals surface area contributed by atoms with Crippen molar-refractivity contribution in [3.63, 3.8) is 0 Å². The molecule has 2 nitrogen and oxygen atoms in total. The van der Waals surface area contributed by atoms with Crippen LogP contribution in [0.1, 0.15) is 33.1 Å². The second-order valence-corrected chi connectivity index (χ2v) is 5.05. The van der Waals surface area contributed by atoms with Gasteiger partial charge in [-0.05, 0) is 38.8 Å². The molecule has 3 atom stereocenters. The highest BCUT2D eigenvalue weighted by Crippen LogP contribution is 2.31. The van der Waals surface area contributed by atoms with Crippen LogP contribution in [0.5, 0.6) is 0 Å². The van der Waals surface area contributed by atoms with Crippen LogP contribution in [-0.4, -0.2) is 38.1 Å². The highest BCUT2D eigenvalue weighted by atomic mass is 15.1. The summed E-state index contributed by atoms with van der Waals surface area (Å²) in [5.41, 5.74) is 0. The molecule has 84 valence electrons. The molecule has 0 aromatic carbocycles. The van der Waals surface area contributed by atoms with Crippen LogP contribution in [0, 0.1) is 11.8 Å². The Labute approximate surface area is 89.1 Å². The Morgan fingerprint density at radius 1 is 1.29 bits per heavy atom. The second-order valence-electron chi connectivity index (χ2n) is 5.05. The number of nitrogens with one attached hydrogen (secondary N) is 1. The summed E-state index contributed by atoms with van der Waals surface area (Å²) in [5.74, 6) is 1.81. The number of likely N-dealkylation sites (N-methyl/N-ethyl adjacent to an activating group) is 2. The van der Waals surface area contributed by atoms with Crippen molar-refractivity contribution in [1.82, 2.24) is 10.2 Å². The van der Waals surface area contributed by atoms with E-state index in [1.165, 1.54) is 25.8 Å². The van der Waals surface area contributed by atoms with Crippen LogP contribution in [0.15, 0.2) is 0 Å². The lowest BCUT2D eigenvalue weighted by atomic mass is 9.79. The first-order valence-corrected chi connectivity index (χ1v) is 6.00. The van der Waals surface area contributed by atoms with Gasteiger partial charge in [0.15, 0.2) is 0 Å². The molecule has 0 amide bonds. The summed E-state index contributed by atoms with van der Waals surface area (Å²) >= 11 is 0. The zero-order valence-corrected chi connectivity index (χ0v) is 10.2. The summed E-state index contributed by atoms with van der Waals surface area (Å²) in [6.45, 7) is 7.09. The van der Waals surface area contributed by atoms with Gasteiger partial charge in [0.2, 0.25) is 0 Å². The molecule has 3 unspecified atom stereocenters. The maximum absolute atomic E-state index is 3.22. The topological polar surface area (TPSA) is 15.3 Å². The Bertz CT molecular complexity index is 158. The second kappa shape index (κ2) is 5.72. The molecule has 1 aliphatic rings. The molecule has 0 aromatic rings. The van der Waals surface area contributed by atoms with Gasteiger partial charge in [0, 0.05) is 19.1 Å². The fourth-order valence-electron chi connectivity index (χ4n) is 2.57. The third-order valence-electron chi connectivity index (χ3n) is 3.70. The molecular weight excluding hydrogens is 172 g/mol. The minimum Gasteiger partial charge on any atom is -0.318 e. The first-order valence-electron chi connectivity index (χ1n) is 6.00. The van der Waals surface area contributed by atoms with Crippen molar-refractivity contribution in [1.29, 1.82) is 0 Å². The van der Waals surface area contributed by atoms with Crippen LogP contribution in [-0.2, 0) is 0 Å². The number of hydrogen-bond acceptors (Lipinski definition) is 2. The van der Waals surface area contributed by atoms with Gasteiger partial charge in [-0.15, -0.1) is 0 Å². The highest BCUT2D eigenvalue weighted by molar-refractivity contribution is 4.82. The van der Waals surface area contributed by atoms with Gasteiger partial charge in [-0.3, -0.25) is 0 Å². The molecular formula is C12H26N2. The third-order valence-corrected chi connectivity index (χ3v) is 3.70. The van der Waals surface area contributed by atoms with Crippen LogP contribution >= 0.6 is 0 Å². The van der Waals surface area contributed by atoms with E-state index in [2.05, 4.69) is 31.1 Å². The molecule has 1 saturated carbocycles. The molecule has 2 heteroatoms. The Hall–Kier alpha value is -0.0800. The van der Waals surface area contributed by atoms with E-state index >= 15 is 0 Å². The van der Waals surface area contributed by atoms with E-state index in [-0.39, 0.29) is 0 Å². The molecule has 0 radical (unpaired) electrons. The minimum atomic E-state index is 0.812. The number of rotatable bonds is 4. The molecule has 1 aliphatic carbocycles. The zero-order valence-electron chi connectivity index (χ0n) is 10.2. The summed E-state index contributed by atoms with van der Waals surface area (Å²) in [6, 6.07) is 0.812. The quantitative estimate of drug-likeness (QED) is 0.743. The lowest BCUT2D eigenvalue weighted by Gasteiger charge is -2.39. The van der Waals surface area contributed by atoms with Crippen LogP contribution in [0.3, 0.4) is 0 Å². The SMILES string of the molecule is CNCCN(C)C1CC(C)CCC1C. The van der Waals surface area contributed by atoms with Crippen molar-refractivity contribution in [2.75, 3.05) is 27.2 Å². The van der Waals surface area contributed by atoms with Crippen LogP contribution in [0.2, 0.25) is 0 Å². The van der Waals surface area contributed by atoms with E-state index in [1.54, 1.807) is 0 Å². The van der Waals surface area contributed by atoms with E-state index in [0.29, 0.717) is 0 Å². The monoisotopic (exact) mass is 198 g/mol. The van der Waals surface area contributed by atoms with E-state index < -0.39 is 0 Å². The zero-order chi connectivity index (χ0) is 10.6. The minimum absolute atomic E-state index is 0.812. The lowest BCUT2D eigenvalue weighted by Crippen LogP contribution is -2.43. The first-order chi connectivity index (χ1) is 6.65. The summed E-state index contributed by atoms with van der Waals surface area (Å²) in [6.07, 6.45) is 4.23. The number of nitrogens with zero attached hydrogens (tertiary/aromatic N) is 1. The fraction of sp³-hybridized carbons (Fsp3) is 1.00. The van der Waals surface area contributed by atoms with Crippen molar-refractivity contribution >= 4 is 0 Å². The standard InChI is InChI=1S/C12H26N2/c1-10-5-6-11(2)12(9-10)14(4)8-7-13-3/h10-13H,5-9H2,1-4H3. The van der Waals surface area contributed by atoms with Crippen LogP contribution in [0.25, 0.3) is 0 Å². The summed E-state index contributed by atoms with van der Waals surface area (Å²) < 4.78 is 0. The van der Waals surface area contributed by atoms with Crippen molar-refractivity contribution in [3.8, 4) is 0 Å². The molecule has 14 heavy (non-hydrogen) atoms. The Balaban J connectivity index is 2.38. The van der Waals surface area contributed by atoms with E-state index in [9.17, 15) is 0 Å². The molecule has 1 N–H and O–H groups in total. The summed E-state index contributed by atoms with van der Waals surface area (Å²) in [4.78, 5) is 2.54. The van der Waals surface area contributed by atoms with Gasteiger partial charge in [0.05, 0.1) is 0 Å². The lowest BCUT2D eigenvalue weighted by molar-refractivity contribution is 0.115. The van der Waals surface area contributed by atoms with Crippen molar-refractivity contribution in [2.24, 2.45) is 11.8 Å². The van der Waals surface area contributed by atoms with Gasteiger partial charge < -0.3 is 10.2 Å². The summed E-state index contributed by atoms with van der Waals surface area (Å²) in [7, 11) is 4.30. The Morgan fingerprint density at radius 3 is 2.64 bits per heavy atom. The predicted octanol–water partition coefficient (Wildman–Crippen LogP) is 1.96. The van der Waals surface area contributed by atoms with Gasteiger partial charge in [-0.25, -0.2) is 0 Å². The molecule has 0 saturated heterocycles. The maximum Gasteiger partial charge on any atom is 0.0121 e. The molecule has 1 rings (SSSR count). The fourth-order valence-corrected chi connectivity index (χ4v) is 2.57. The van der Waals surface area contributed by atoms with Crippen LogP contribution in [0.4, 0.5) is 0 Å². The van der Waals surface area contributed by atoms with Gasteiger partial charge in [0.1, 0.15) is 0 Å². The molecule has 0 heterocycles. The average molecular weight is 198 g/mol. The van der Waals surface area contributed by atoms with E-state index in [0.717, 1.165) is 24.4 Å². The predicted molar refractivity (Wildman–Crippen MR) is 62.5 cm³/mol. The molecule has 0 aliphatic heterocycles. The first kappa shape index (κ1) is 12.0. The Kier molecular flexibility index (Phi) is 4.90. The Morgan fingerprint density at radius 2 is 2.00 bits per heavy atom. The maximum atomic E-state index is 3.22. The summed E-state index contributed by atoms with van der Waals surface area (Å²) in [5, 5.41) is 3.22. The largest absolute Gasteiger partial charge is 0.318 e. The average Bonchev–Trinajstić information content (AvgIpc) is 2.18. The number of hydrogen-bond donors (Lipinski definition) is 1. The van der Waals surface area contributed by atoms with Crippen LogP contribution < -0.4 is 5.32 Å². The van der Waals surface area contributed by atoms with E-state index in [1.807, 2.05) is 7.05 Å². The molecule has 0 spiro atoms. The van der Waals surface area contributed by atoms with Gasteiger partial charge in [-0.1, -0.05) is 20.3 Å². The van der Waals surface area contributed by atoms with Crippen molar-refractivity contribution < 1.29 is 0 Å². The van der Waals surface area contributed by atoms with Crippen molar-refractivity contribution in [2.45, 2.75) is 39.2 Å².